The summed E-state index contributed by atoms with van der Waals surface area (Å²) in [6.07, 6.45) is -0.185. The molecule has 1 aromatic carbocycles. The number of nitrogen functional groups attached to an aromatic ring is 1. The normalized spacial score (nSPS) is 20.2. The standard InChI is InChI=1S/C13H15ClN4O2/c1-18-5-6-19-10(7-18)12-16-13(20-17-12)11-8(14)3-2-4-9(11)15/h2-4,10H,5-7,15H2,1H3. The molecule has 3 rings (SSSR count). The van der Waals surface area contributed by atoms with Gasteiger partial charge in [0, 0.05) is 18.8 Å². The number of hydrogen-bond donors (Lipinski definition) is 1. The highest BCUT2D eigenvalue weighted by molar-refractivity contribution is 6.33. The Morgan fingerprint density at radius 3 is 3.05 bits per heavy atom. The topological polar surface area (TPSA) is 77.4 Å². The highest BCUT2D eigenvalue weighted by atomic mass is 35.5. The quantitative estimate of drug-likeness (QED) is 0.853. The number of morpholine rings is 1. The van der Waals surface area contributed by atoms with Crippen molar-refractivity contribution in [1.29, 1.82) is 0 Å². The average molecular weight is 295 g/mol. The lowest BCUT2D eigenvalue weighted by molar-refractivity contribution is -0.0264. The maximum Gasteiger partial charge on any atom is 0.261 e. The van der Waals surface area contributed by atoms with Crippen molar-refractivity contribution < 1.29 is 9.26 Å². The predicted octanol–water partition coefficient (Wildman–Crippen LogP) is 1.98. The van der Waals surface area contributed by atoms with Crippen molar-refractivity contribution in [3.63, 3.8) is 0 Å². The van der Waals surface area contributed by atoms with Gasteiger partial charge in [-0.3, -0.25) is 0 Å². The van der Waals surface area contributed by atoms with Crippen molar-refractivity contribution >= 4 is 17.3 Å². The molecule has 1 aliphatic heterocycles. The summed E-state index contributed by atoms with van der Waals surface area (Å²) in [5.74, 6) is 0.839. The van der Waals surface area contributed by atoms with E-state index in [1.54, 1.807) is 18.2 Å². The van der Waals surface area contributed by atoms with Crippen molar-refractivity contribution in [1.82, 2.24) is 15.0 Å². The van der Waals surface area contributed by atoms with Crippen LogP contribution in [0.3, 0.4) is 0 Å². The summed E-state index contributed by atoms with van der Waals surface area (Å²) in [5, 5.41) is 4.47. The number of hydrogen-bond acceptors (Lipinski definition) is 6. The molecule has 0 saturated carbocycles. The molecule has 0 aliphatic carbocycles. The lowest BCUT2D eigenvalue weighted by atomic mass is 10.2. The molecule has 7 heteroatoms. The molecule has 0 radical (unpaired) electrons. The van der Waals surface area contributed by atoms with Crippen molar-refractivity contribution in [2.45, 2.75) is 6.10 Å². The molecule has 2 aromatic rings. The Labute approximate surface area is 121 Å². The van der Waals surface area contributed by atoms with Gasteiger partial charge in [0.15, 0.2) is 0 Å². The largest absolute Gasteiger partial charge is 0.398 e. The second-order valence-corrected chi connectivity index (χ2v) is 5.19. The molecular formula is C13H15ClN4O2. The number of aromatic nitrogens is 2. The first kappa shape index (κ1) is 13.4. The van der Waals surface area contributed by atoms with Crippen LogP contribution in [0.2, 0.25) is 5.02 Å². The van der Waals surface area contributed by atoms with E-state index in [1.807, 2.05) is 7.05 Å². The van der Waals surface area contributed by atoms with Gasteiger partial charge < -0.3 is 19.9 Å². The number of likely N-dealkylation sites (N-methyl/N-ethyl adjacent to an activating group) is 1. The minimum atomic E-state index is -0.185. The molecule has 1 saturated heterocycles. The van der Waals surface area contributed by atoms with Gasteiger partial charge in [0.25, 0.3) is 5.89 Å². The first-order valence-electron chi connectivity index (χ1n) is 6.33. The van der Waals surface area contributed by atoms with E-state index in [-0.39, 0.29) is 6.10 Å². The fraction of sp³-hybridized carbons (Fsp3) is 0.385. The summed E-state index contributed by atoms with van der Waals surface area (Å²) in [4.78, 5) is 6.53. The van der Waals surface area contributed by atoms with Crippen LogP contribution in [-0.4, -0.2) is 41.8 Å². The van der Waals surface area contributed by atoms with Gasteiger partial charge in [-0.15, -0.1) is 0 Å². The van der Waals surface area contributed by atoms with E-state index in [0.717, 1.165) is 13.1 Å². The Hall–Kier alpha value is -1.63. The minimum Gasteiger partial charge on any atom is -0.398 e. The van der Waals surface area contributed by atoms with Crippen LogP contribution in [0.4, 0.5) is 5.69 Å². The van der Waals surface area contributed by atoms with Crippen LogP contribution in [-0.2, 0) is 4.74 Å². The summed E-state index contributed by atoms with van der Waals surface area (Å²) in [5.41, 5.74) is 6.99. The molecule has 0 spiro atoms. The highest BCUT2D eigenvalue weighted by Gasteiger charge is 2.25. The van der Waals surface area contributed by atoms with Crippen LogP contribution in [0.1, 0.15) is 11.9 Å². The van der Waals surface area contributed by atoms with Crippen LogP contribution in [0.15, 0.2) is 22.7 Å². The lowest BCUT2D eigenvalue weighted by Gasteiger charge is -2.27. The summed E-state index contributed by atoms with van der Waals surface area (Å²) >= 11 is 6.13. The molecule has 1 fully saturated rings. The Morgan fingerprint density at radius 1 is 1.45 bits per heavy atom. The van der Waals surface area contributed by atoms with E-state index in [0.29, 0.717) is 34.6 Å². The van der Waals surface area contributed by atoms with Crippen molar-refractivity contribution in [2.24, 2.45) is 0 Å². The Morgan fingerprint density at radius 2 is 2.30 bits per heavy atom. The highest BCUT2D eigenvalue weighted by Crippen LogP contribution is 2.32. The molecule has 1 aromatic heterocycles. The molecule has 20 heavy (non-hydrogen) atoms. The summed E-state index contributed by atoms with van der Waals surface area (Å²) in [6, 6.07) is 5.26. The number of benzene rings is 1. The number of ether oxygens (including phenoxy) is 1. The van der Waals surface area contributed by atoms with Gasteiger partial charge >= 0.3 is 0 Å². The van der Waals surface area contributed by atoms with Gasteiger partial charge in [0.2, 0.25) is 5.82 Å². The zero-order chi connectivity index (χ0) is 14.1. The third-order valence-electron chi connectivity index (χ3n) is 3.26. The smallest absolute Gasteiger partial charge is 0.261 e. The number of nitrogens with two attached hydrogens (primary N) is 1. The number of rotatable bonds is 2. The Bertz CT molecular complexity index is 596. The molecule has 1 unspecified atom stereocenters. The van der Waals surface area contributed by atoms with E-state index < -0.39 is 0 Å². The van der Waals surface area contributed by atoms with Gasteiger partial charge in [-0.1, -0.05) is 22.8 Å². The van der Waals surface area contributed by atoms with Gasteiger partial charge in [-0.25, -0.2) is 0 Å². The predicted molar refractivity (Wildman–Crippen MR) is 75.3 cm³/mol. The van der Waals surface area contributed by atoms with Crippen LogP contribution in [0.5, 0.6) is 0 Å². The fourth-order valence-corrected chi connectivity index (χ4v) is 2.43. The molecule has 0 amide bonds. The van der Waals surface area contributed by atoms with Crippen molar-refractivity contribution in [3.8, 4) is 11.5 Å². The zero-order valence-electron chi connectivity index (χ0n) is 11.0. The Kier molecular flexibility index (Phi) is 3.60. The van der Waals surface area contributed by atoms with Crippen LogP contribution in [0, 0.1) is 0 Å². The molecule has 1 aliphatic rings. The molecule has 0 bridgehead atoms. The van der Waals surface area contributed by atoms with Crippen LogP contribution < -0.4 is 5.73 Å². The fourth-order valence-electron chi connectivity index (χ4n) is 2.17. The van der Waals surface area contributed by atoms with E-state index in [4.69, 9.17) is 26.6 Å². The lowest BCUT2D eigenvalue weighted by Crippen LogP contribution is -2.35. The molecule has 6 nitrogen and oxygen atoms in total. The van der Waals surface area contributed by atoms with Gasteiger partial charge in [-0.2, -0.15) is 4.98 Å². The maximum atomic E-state index is 6.13. The Balaban J connectivity index is 1.90. The third kappa shape index (κ3) is 2.49. The minimum absolute atomic E-state index is 0.185. The first-order chi connectivity index (χ1) is 9.65. The van der Waals surface area contributed by atoms with Gasteiger partial charge in [0.05, 0.1) is 17.2 Å². The van der Waals surface area contributed by atoms with E-state index >= 15 is 0 Å². The molecule has 106 valence electrons. The molecule has 2 heterocycles. The van der Waals surface area contributed by atoms with Crippen LogP contribution >= 0.6 is 11.6 Å². The number of nitrogens with zero attached hydrogens (tertiary/aromatic N) is 3. The van der Waals surface area contributed by atoms with Gasteiger partial charge in [0.1, 0.15) is 6.10 Å². The SMILES string of the molecule is CN1CCOC(c2noc(-c3c(N)cccc3Cl)n2)C1. The summed E-state index contributed by atoms with van der Waals surface area (Å²) in [7, 11) is 2.03. The van der Waals surface area contributed by atoms with Crippen LogP contribution in [0.25, 0.3) is 11.5 Å². The number of halogens is 1. The monoisotopic (exact) mass is 294 g/mol. The van der Waals surface area contributed by atoms with Crippen molar-refractivity contribution in [3.05, 3.63) is 29.0 Å². The summed E-state index contributed by atoms with van der Waals surface area (Å²) < 4.78 is 10.9. The zero-order valence-corrected chi connectivity index (χ0v) is 11.8. The van der Waals surface area contributed by atoms with Crippen molar-refractivity contribution in [2.75, 3.05) is 32.5 Å². The molecular weight excluding hydrogens is 280 g/mol. The maximum absolute atomic E-state index is 6.13. The van der Waals surface area contributed by atoms with E-state index in [2.05, 4.69) is 15.0 Å². The number of anilines is 1. The molecule has 2 N–H and O–H groups in total. The van der Waals surface area contributed by atoms with Gasteiger partial charge in [-0.05, 0) is 19.2 Å². The van der Waals surface area contributed by atoms with E-state index in [1.165, 1.54) is 0 Å². The third-order valence-corrected chi connectivity index (χ3v) is 3.57. The first-order valence-corrected chi connectivity index (χ1v) is 6.71. The summed E-state index contributed by atoms with van der Waals surface area (Å²) in [6.45, 7) is 2.29. The van der Waals surface area contributed by atoms with E-state index in [9.17, 15) is 0 Å². The molecule has 1 atom stereocenters. The second-order valence-electron chi connectivity index (χ2n) is 4.78. The second kappa shape index (κ2) is 5.40. The average Bonchev–Trinajstić information content (AvgIpc) is 2.88.